The Kier molecular flexibility index (Phi) is 5.41. The number of hydrogen-bond acceptors (Lipinski definition) is 5. The Bertz CT molecular complexity index is 1270. The van der Waals surface area contributed by atoms with Crippen LogP contribution in [0.1, 0.15) is 16.7 Å². The summed E-state index contributed by atoms with van der Waals surface area (Å²) < 4.78 is 1.81. The molecular weight excluding hydrogens is 398 g/mol. The van der Waals surface area contributed by atoms with Crippen LogP contribution in [0.15, 0.2) is 58.7 Å². The predicted molar refractivity (Wildman–Crippen MR) is 119 cm³/mol. The number of imidazole rings is 1. The van der Waals surface area contributed by atoms with Gasteiger partial charge in [0.2, 0.25) is 5.91 Å². The summed E-state index contributed by atoms with van der Waals surface area (Å²) >= 11 is 1.27. The van der Waals surface area contributed by atoms with E-state index in [0.29, 0.717) is 10.8 Å². The predicted octanol–water partition coefficient (Wildman–Crippen LogP) is 3.76. The number of carbonyl (C=O) groups is 1. The molecule has 0 radical (unpaired) electrons. The topological polar surface area (TPSA) is 92.7 Å². The fraction of sp³-hybridized carbons (Fsp3) is 0.182. The maximum Gasteiger partial charge on any atom is 0.278 e. The van der Waals surface area contributed by atoms with Crippen LogP contribution in [0.2, 0.25) is 0 Å². The van der Waals surface area contributed by atoms with Crippen molar-refractivity contribution in [2.75, 3.05) is 11.1 Å². The van der Waals surface area contributed by atoms with Gasteiger partial charge in [-0.3, -0.25) is 14.2 Å². The third-order valence-corrected chi connectivity index (χ3v) is 5.73. The highest BCUT2D eigenvalue weighted by molar-refractivity contribution is 7.99. The number of rotatable bonds is 5. The second-order valence-corrected chi connectivity index (χ2v) is 8.02. The summed E-state index contributed by atoms with van der Waals surface area (Å²) in [5.41, 5.74) is 5.19. The number of aryl methyl sites for hydroxylation is 3. The van der Waals surface area contributed by atoms with Crippen LogP contribution in [0.25, 0.3) is 16.9 Å². The van der Waals surface area contributed by atoms with Crippen LogP contribution >= 0.6 is 11.8 Å². The van der Waals surface area contributed by atoms with E-state index in [-0.39, 0.29) is 22.7 Å². The highest BCUT2D eigenvalue weighted by Crippen LogP contribution is 2.26. The van der Waals surface area contributed by atoms with Crippen molar-refractivity contribution in [1.29, 1.82) is 0 Å². The summed E-state index contributed by atoms with van der Waals surface area (Å²) in [5.74, 6) is 0.0164. The minimum Gasteiger partial charge on any atom is -0.325 e. The SMILES string of the molecule is Cc1ccc(-n2c(SCC(=O)Nc3c(C)cccc3C)nc3c(=O)[nH]cnc32)cc1. The Labute approximate surface area is 177 Å². The van der Waals surface area contributed by atoms with Gasteiger partial charge >= 0.3 is 0 Å². The number of aromatic amines is 1. The normalized spacial score (nSPS) is 11.0. The Hall–Kier alpha value is -3.39. The lowest BCUT2D eigenvalue weighted by molar-refractivity contribution is -0.113. The number of thioether (sulfide) groups is 1. The number of fused-ring (bicyclic) bond motifs is 1. The van der Waals surface area contributed by atoms with E-state index in [4.69, 9.17) is 0 Å². The van der Waals surface area contributed by atoms with E-state index >= 15 is 0 Å². The van der Waals surface area contributed by atoms with E-state index in [0.717, 1.165) is 28.1 Å². The first-order valence-electron chi connectivity index (χ1n) is 9.46. The quantitative estimate of drug-likeness (QED) is 0.481. The molecule has 0 saturated heterocycles. The van der Waals surface area contributed by atoms with Crippen molar-refractivity contribution in [3.63, 3.8) is 0 Å². The van der Waals surface area contributed by atoms with Crippen molar-refractivity contribution in [2.45, 2.75) is 25.9 Å². The third-order valence-electron chi connectivity index (χ3n) is 4.79. The molecule has 2 N–H and O–H groups in total. The summed E-state index contributed by atoms with van der Waals surface area (Å²) in [5, 5.41) is 3.52. The van der Waals surface area contributed by atoms with Gasteiger partial charge < -0.3 is 10.3 Å². The molecule has 2 aromatic carbocycles. The van der Waals surface area contributed by atoms with Gasteiger partial charge in [-0.2, -0.15) is 0 Å². The van der Waals surface area contributed by atoms with Gasteiger partial charge in [0.15, 0.2) is 16.3 Å². The molecule has 1 amide bonds. The summed E-state index contributed by atoms with van der Waals surface area (Å²) in [7, 11) is 0. The molecule has 4 rings (SSSR count). The second kappa shape index (κ2) is 8.16. The maximum atomic E-state index is 12.6. The number of anilines is 1. The lowest BCUT2D eigenvalue weighted by Gasteiger charge is -2.12. The standard InChI is InChI=1S/C22H21N5O2S/c1-13-7-9-16(10-8-13)27-20-19(21(29)24-12-23-20)26-22(27)30-11-17(28)25-18-14(2)5-4-6-15(18)3/h4-10,12H,11H2,1-3H3,(H,25,28)(H,23,24,29). The average molecular weight is 420 g/mol. The van der Waals surface area contributed by atoms with Crippen molar-refractivity contribution >= 4 is 34.5 Å². The van der Waals surface area contributed by atoms with E-state index < -0.39 is 0 Å². The molecule has 2 heterocycles. The zero-order valence-corrected chi connectivity index (χ0v) is 17.7. The van der Waals surface area contributed by atoms with Crippen LogP contribution in [-0.2, 0) is 4.79 Å². The fourth-order valence-electron chi connectivity index (χ4n) is 3.22. The summed E-state index contributed by atoms with van der Waals surface area (Å²) in [4.78, 5) is 36.2. The molecule has 2 aromatic heterocycles. The van der Waals surface area contributed by atoms with Gasteiger partial charge in [-0.15, -0.1) is 0 Å². The molecule has 0 saturated carbocycles. The van der Waals surface area contributed by atoms with Gasteiger partial charge in [-0.25, -0.2) is 9.97 Å². The Morgan fingerprint density at radius 2 is 1.80 bits per heavy atom. The van der Waals surface area contributed by atoms with E-state index in [1.54, 1.807) is 4.57 Å². The lowest BCUT2D eigenvalue weighted by atomic mass is 10.1. The van der Waals surface area contributed by atoms with E-state index in [2.05, 4.69) is 20.3 Å². The largest absolute Gasteiger partial charge is 0.325 e. The van der Waals surface area contributed by atoms with Gasteiger partial charge in [0.05, 0.1) is 12.1 Å². The average Bonchev–Trinajstić information content (AvgIpc) is 3.10. The number of carbonyl (C=O) groups excluding carboxylic acids is 1. The Balaban J connectivity index is 1.65. The maximum absolute atomic E-state index is 12.6. The van der Waals surface area contributed by atoms with Crippen LogP contribution in [0.3, 0.4) is 0 Å². The number of H-pyrrole nitrogens is 1. The number of hydrogen-bond donors (Lipinski definition) is 2. The molecule has 0 aliphatic carbocycles. The minimum atomic E-state index is -0.312. The third kappa shape index (κ3) is 3.86. The molecule has 0 spiro atoms. The smallest absolute Gasteiger partial charge is 0.278 e. The number of para-hydroxylation sites is 1. The second-order valence-electron chi connectivity index (χ2n) is 7.07. The van der Waals surface area contributed by atoms with Crippen LogP contribution in [0.4, 0.5) is 5.69 Å². The molecule has 30 heavy (non-hydrogen) atoms. The van der Waals surface area contributed by atoms with E-state index in [1.807, 2.05) is 63.2 Å². The number of nitrogens with one attached hydrogen (secondary N) is 2. The first kappa shape index (κ1) is 19.9. The van der Waals surface area contributed by atoms with Gasteiger partial charge in [-0.05, 0) is 44.0 Å². The zero-order valence-electron chi connectivity index (χ0n) is 16.9. The first-order valence-corrected chi connectivity index (χ1v) is 10.4. The Morgan fingerprint density at radius 1 is 1.10 bits per heavy atom. The van der Waals surface area contributed by atoms with Crippen molar-refractivity contribution < 1.29 is 4.79 Å². The monoisotopic (exact) mass is 419 g/mol. The first-order chi connectivity index (χ1) is 14.4. The fourth-order valence-corrected chi connectivity index (χ4v) is 4.03. The van der Waals surface area contributed by atoms with Crippen molar-refractivity contribution in [2.24, 2.45) is 0 Å². The van der Waals surface area contributed by atoms with E-state index in [1.165, 1.54) is 18.1 Å². The molecule has 0 fully saturated rings. The van der Waals surface area contributed by atoms with Crippen molar-refractivity contribution in [3.05, 3.63) is 75.8 Å². The molecular formula is C22H21N5O2S. The van der Waals surface area contributed by atoms with E-state index in [9.17, 15) is 9.59 Å². The molecule has 0 bridgehead atoms. The van der Waals surface area contributed by atoms with Gasteiger partial charge in [0, 0.05) is 11.4 Å². The van der Waals surface area contributed by atoms with Gasteiger partial charge in [0.25, 0.3) is 5.56 Å². The molecule has 7 nitrogen and oxygen atoms in total. The van der Waals surface area contributed by atoms with Crippen LogP contribution in [-0.4, -0.2) is 31.2 Å². The van der Waals surface area contributed by atoms with Crippen LogP contribution in [0, 0.1) is 20.8 Å². The molecule has 0 aliphatic heterocycles. The highest BCUT2D eigenvalue weighted by Gasteiger charge is 2.18. The summed E-state index contributed by atoms with van der Waals surface area (Å²) in [6.07, 6.45) is 1.36. The molecule has 152 valence electrons. The number of amides is 1. The van der Waals surface area contributed by atoms with Crippen molar-refractivity contribution in [3.8, 4) is 5.69 Å². The molecule has 4 aromatic rings. The van der Waals surface area contributed by atoms with Crippen molar-refractivity contribution in [1.82, 2.24) is 19.5 Å². The number of benzene rings is 2. The highest BCUT2D eigenvalue weighted by atomic mass is 32.2. The molecule has 0 atom stereocenters. The number of aromatic nitrogens is 4. The Morgan fingerprint density at radius 3 is 2.50 bits per heavy atom. The van der Waals surface area contributed by atoms with Crippen LogP contribution in [0.5, 0.6) is 0 Å². The number of nitrogens with zero attached hydrogens (tertiary/aromatic N) is 3. The van der Waals surface area contributed by atoms with Gasteiger partial charge in [-0.1, -0.05) is 47.7 Å². The summed E-state index contributed by atoms with van der Waals surface area (Å²) in [6, 6.07) is 13.7. The summed E-state index contributed by atoms with van der Waals surface area (Å²) in [6.45, 7) is 5.93. The minimum absolute atomic E-state index is 0.137. The lowest BCUT2D eigenvalue weighted by Crippen LogP contribution is -2.16. The zero-order chi connectivity index (χ0) is 21.3. The molecule has 8 heteroatoms. The van der Waals surface area contributed by atoms with Crippen LogP contribution < -0.4 is 10.9 Å². The molecule has 0 aliphatic rings. The van der Waals surface area contributed by atoms with Gasteiger partial charge in [0.1, 0.15) is 0 Å². The molecule has 0 unspecified atom stereocenters.